The monoisotopic (exact) mass is 277 g/mol. The van der Waals surface area contributed by atoms with Crippen molar-refractivity contribution in [1.29, 1.82) is 0 Å². The van der Waals surface area contributed by atoms with Gasteiger partial charge in [0.05, 0.1) is 0 Å². The number of hydrogen-bond donors (Lipinski definition) is 1. The lowest BCUT2D eigenvalue weighted by Gasteiger charge is -2.26. The van der Waals surface area contributed by atoms with Gasteiger partial charge in [0.2, 0.25) is 0 Å². The first-order chi connectivity index (χ1) is 9.54. The topological polar surface area (TPSA) is 21.3 Å². The van der Waals surface area contributed by atoms with E-state index >= 15 is 0 Å². The molecular formula is C18H31NO. The van der Waals surface area contributed by atoms with E-state index < -0.39 is 0 Å². The van der Waals surface area contributed by atoms with Crippen molar-refractivity contribution in [3.8, 4) is 0 Å². The van der Waals surface area contributed by atoms with Gasteiger partial charge in [-0.2, -0.15) is 0 Å². The summed E-state index contributed by atoms with van der Waals surface area (Å²) in [7, 11) is 1.79. The van der Waals surface area contributed by atoms with Crippen LogP contribution in [-0.2, 0) is 11.2 Å². The molecule has 0 aliphatic heterocycles. The summed E-state index contributed by atoms with van der Waals surface area (Å²) in [5.41, 5.74) is 2.88. The van der Waals surface area contributed by atoms with E-state index in [1.54, 1.807) is 7.11 Å². The first kappa shape index (κ1) is 17.2. The normalized spacial score (nSPS) is 14.5. The minimum atomic E-state index is 0.545. The fourth-order valence-corrected chi connectivity index (χ4v) is 2.52. The second-order valence-corrected chi connectivity index (χ2v) is 6.21. The molecule has 0 amide bonds. The molecule has 1 N–H and O–H groups in total. The predicted molar refractivity (Wildman–Crippen MR) is 87.2 cm³/mol. The number of rotatable bonds is 9. The Kier molecular flexibility index (Phi) is 7.86. The third-order valence-electron chi connectivity index (χ3n) is 4.11. The molecule has 0 bridgehead atoms. The number of ether oxygens (including phenoxy) is 1. The zero-order valence-electron chi connectivity index (χ0n) is 13.8. The van der Waals surface area contributed by atoms with Crippen LogP contribution < -0.4 is 5.32 Å². The third-order valence-corrected chi connectivity index (χ3v) is 4.11. The smallest absolute Gasteiger partial charge is 0.0464 e. The Labute approximate surface area is 124 Å². The molecule has 2 heteroatoms. The van der Waals surface area contributed by atoms with Crippen LogP contribution >= 0.6 is 0 Å². The maximum atomic E-state index is 5.24. The molecule has 0 heterocycles. The second-order valence-electron chi connectivity index (χ2n) is 6.21. The lowest BCUT2D eigenvalue weighted by Crippen LogP contribution is -2.33. The first-order valence-corrected chi connectivity index (χ1v) is 7.81. The molecule has 0 saturated carbocycles. The summed E-state index contributed by atoms with van der Waals surface area (Å²) < 4.78 is 5.24. The largest absolute Gasteiger partial charge is 0.385 e. The van der Waals surface area contributed by atoms with E-state index in [9.17, 15) is 0 Å². The molecule has 0 fully saturated rings. The van der Waals surface area contributed by atoms with Crippen LogP contribution in [0.4, 0.5) is 0 Å². The number of benzene rings is 1. The standard InChI is InChI=1S/C18H31NO/c1-14(2)19-13-18(16(4)10-11-20-5)12-17-9-7-6-8-15(17)3/h6-9,14,16,18-19H,10-13H2,1-5H3. The highest BCUT2D eigenvalue weighted by molar-refractivity contribution is 5.26. The average molecular weight is 277 g/mol. The summed E-state index contributed by atoms with van der Waals surface area (Å²) in [6, 6.07) is 9.29. The number of methoxy groups -OCH3 is 1. The molecule has 2 atom stereocenters. The molecule has 0 radical (unpaired) electrons. The molecule has 0 aliphatic rings. The van der Waals surface area contributed by atoms with Gasteiger partial charge in [-0.15, -0.1) is 0 Å². The zero-order chi connectivity index (χ0) is 15.0. The van der Waals surface area contributed by atoms with Crippen LogP contribution in [-0.4, -0.2) is 26.3 Å². The average Bonchev–Trinajstić information content (AvgIpc) is 2.42. The van der Waals surface area contributed by atoms with E-state index in [1.165, 1.54) is 11.1 Å². The van der Waals surface area contributed by atoms with Gasteiger partial charge in [-0.25, -0.2) is 0 Å². The summed E-state index contributed by atoms with van der Waals surface area (Å²) in [5, 5.41) is 3.60. The fraction of sp³-hybridized carbons (Fsp3) is 0.667. The number of aryl methyl sites for hydroxylation is 1. The summed E-state index contributed by atoms with van der Waals surface area (Å²) in [5.74, 6) is 1.33. The van der Waals surface area contributed by atoms with Crippen LogP contribution in [0.15, 0.2) is 24.3 Å². The molecule has 114 valence electrons. The van der Waals surface area contributed by atoms with E-state index in [1.807, 2.05) is 0 Å². The van der Waals surface area contributed by atoms with Crippen LogP contribution in [0.1, 0.15) is 38.3 Å². The molecule has 2 unspecified atom stereocenters. The van der Waals surface area contributed by atoms with E-state index in [0.29, 0.717) is 17.9 Å². The van der Waals surface area contributed by atoms with Gasteiger partial charge in [0.25, 0.3) is 0 Å². The quantitative estimate of drug-likeness (QED) is 0.741. The van der Waals surface area contributed by atoms with Crippen LogP contribution in [0.5, 0.6) is 0 Å². The van der Waals surface area contributed by atoms with Gasteiger partial charge < -0.3 is 10.1 Å². The highest BCUT2D eigenvalue weighted by atomic mass is 16.5. The lowest BCUT2D eigenvalue weighted by molar-refractivity contribution is 0.163. The van der Waals surface area contributed by atoms with Crippen molar-refractivity contribution in [2.75, 3.05) is 20.3 Å². The Balaban J connectivity index is 2.68. The molecule has 2 nitrogen and oxygen atoms in total. The number of hydrogen-bond acceptors (Lipinski definition) is 2. The Morgan fingerprint density at radius 3 is 2.45 bits per heavy atom. The second kappa shape index (κ2) is 9.15. The number of nitrogens with one attached hydrogen (secondary N) is 1. The van der Waals surface area contributed by atoms with E-state index in [4.69, 9.17) is 4.74 Å². The van der Waals surface area contributed by atoms with Crippen molar-refractivity contribution in [1.82, 2.24) is 5.32 Å². The van der Waals surface area contributed by atoms with Gasteiger partial charge in [-0.05, 0) is 49.3 Å². The molecule has 0 spiro atoms. The van der Waals surface area contributed by atoms with Crippen LogP contribution in [0.2, 0.25) is 0 Å². The van der Waals surface area contributed by atoms with Crippen LogP contribution in [0.25, 0.3) is 0 Å². The van der Waals surface area contributed by atoms with Gasteiger partial charge >= 0.3 is 0 Å². The molecular weight excluding hydrogens is 246 g/mol. The minimum absolute atomic E-state index is 0.545. The van der Waals surface area contributed by atoms with E-state index in [2.05, 4.69) is 57.3 Å². The molecule has 20 heavy (non-hydrogen) atoms. The maximum Gasteiger partial charge on any atom is 0.0464 e. The van der Waals surface area contributed by atoms with Gasteiger partial charge in [0, 0.05) is 19.8 Å². The summed E-state index contributed by atoms with van der Waals surface area (Å²) in [6.07, 6.45) is 2.28. The van der Waals surface area contributed by atoms with Crippen molar-refractivity contribution < 1.29 is 4.74 Å². The van der Waals surface area contributed by atoms with Crippen molar-refractivity contribution in [2.45, 2.75) is 46.6 Å². The third kappa shape index (κ3) is 6.06. The molecule has 0 saturated heterocycles. The van der Waals surface area contributed by atoms with E-state index in [0.717, 1.165) is 26.0 Å². The fourth-order valence-electron chi connectivity index (χ4n) is 2.52. The highest BCUT2D eigenvalue weighted by Crippen LogP contribution is 2.22. The van der Waals surface area contributed by atoms with Crippen molar-refractivity contribution in [2.24, 2.45) is 11.8 Å². The van der Waals surface area contributed by atoms with E-state index in [-0.39, 0.29) is 0 Å². The zero-order valence-corrected chi connectivity index (χ0v) is 13.8. The Bertz CT molecular complexity index is 375. The Morgan fingerprint density at radius 2 is 1.85 bits per heavy atom. The summed E-state index contributed by atoms with van der Waals surface area (Å²) in [4.78, 5) is 0. The predicted octanol–water partition coefficient (Wildman–Crippen LogP) is 3.82. The van der Waals surface area contributed by atoms with Crippen molar-refractivity contribution in [3.63, 3.8) is 0 Å². The Hall–Kier alpha value is -0.860. The van der Waals surface area contributed by atoms with Gasteiger partial charge in [0.15, 0.2) is 0 Å². The summed E-state index contributed by atoms with van der Waals surface area (Å²) >= 11 is 0. The SMILES string of the molecule is COCCC(C)C(CNC(C)C)Cc1ccccc1C. The van der Waals surface area contributed by atoms with Gasteiger partial charge in [-0.3, -0.25) is 0 Å². The van der Waals surface area contributed by atoms with Crippen LogP contribution in [0, 0.1) is 18.8 Å². The summed E-state index contributed by atoms with van der Waals surface area (Å²) in [6.45, 7) is 10.9. The molecule has 0 aromatic heterocycles. The Morgan fingerprint density at radius 1 is 1.15 bits per heavy atom. The molecule has 1 aromatic carbocycles. The van der Waals surface area contributed by atoms with Crippen molar-refractivity contribution >= 4 is 0 Å². The van der Waals surface area contributed by atoms with Crippen molar-refractivity contribution in [3.05, 3.63) is 35.4 Å². The first-order valence-electron chi connectivity index (χ1n) is 7.81. The molecule has 0 aliphatic carbocycles. The van der Waals surface area contributed by atoms with Gasteiger partial charge in [-0.1, -0.05) is 45.0 Å². The lowest BCUT2D eigenvalue weighted by atomic mass is 9.85. The van der Waals surface area contributed by atoms with Crippen LogP contribution in [0.3, 0.4) is 0 Å². The maximum absolute atomic E-state index is 5.24. The highest BCUT2D eigenvalue weighted by Gasteiger charge is 2.18. The molecule has 1 rings (SSSR count). The molecule has 1 aromatic rings. The minimum Gasteiger partial charge on any atom is -0.385 e. The van der Waals surface area contributed by atoms with Gasteiger partial charge in [0.1, 0.15) is 0 Å².